The van der Waals surface area contributed by atoms with Crippen LogP contribution in [0.3, 0.4) is 0 Å². The minimum absolute atomic E-state index is 0.0873. The van der Waals surface area contributed by atoms with Gasteiger partial charge in [0.25, 0.3) is 0 Å². The molecular formula is C22H23NO5. The van der Waals surface area contributed by atoms with Crippen molar-refractivity contribution in [2.24, 2.45) is 5.41 Å². The first-order chi connectivity index (χ1) is 13.2. The molecule has 6 heteroatoms. The summed E-state index contributed by atoms with van der Waals surface area (Å²) in [5.74, 6) is -0.743. The van der Waals surface area contributed by atoms with Crippen molar-refractivity contribution in [2.45, 2.75) is 40.2 Å². The molecule has 4 rings (SSSR count). The number of fused-ring (bicyclic) bond motifs is 5. The third-order valence-corrected chi connectivity index (χ3v) is 5.35. The van der Waals surface area contributed by atoms with Crippen LogP contribution >= 0.6 is 0 Å². The Morgan fingerprint density at radius 3 is 2.71 bits per heavy atom. The van der Waals surface area contributed by atoms with Crippen molar-refractivity contribution in [1.29, 1.82) is 0 Å². The molecule has 3 heterocycles. The number of carbonyl (C=O) groups is 1. The summed E-state index contributed by atoms with van der Waals surface area (Å²) in [6, 6.07) is 7.59. The molecule has 0 spiro atoms. The van der Waals surface area contributed by atoms with E-state index in [2.05, 4.69) is 20.8 Å². The molecule has 1 N–H and O–H groups in total. The van der Waals surface area contributed by atoms with E-state index in [1.165, 1.54) is 6.20 Å². The van der Waals surface area contributed by atoms with Gasteiger partial charge in [-0.05, 0) is 24.8 Å². The normalized spacial score (nSPS) is 15.9. The number of pyridine rings is 1. The van der Waals surface area contributed by atoms with Crippen LogP contribution in [0.1, 0.15) is 49.7 Å². The lowest BCUT2D eigenvalue weighted by Gasteiger charge is -2.37. The predicted octanol–water partition coefficient (Wildman–Crippen LogP) is 4.29. The van der Waals surface area contributed by atoms with E-state index in [4.69, 9.17) is 9.15 Å². The minimum Gasteiger partial charge on any atom is -0.503 e. The number of rotatable bonds is 2. The fourth-order valence-electron chi connectivity index (χ4n) is 3.95. The van der Waals surface area contributed by atoms with E-state index in [1.54, 1.807) is 11.5 Å². The van der Waals surface area contributed by atoms with E-state index in [1.807, 2.05) is 24.3 Å². The average Bonchev–Trinajstić information content (AvgIpc) is 3.01. The molecule has 0 saturated carbocycles. The second kappa shape index (κ2) is 6.26. The molecule has 3 aromatic rings. The standard InChI is InChI=1S/C22H23NO5/c1-5-27-21(26)14-11-23-16(22(2,3)4)10-13-12-8-6-7-9-15(12)28-20(13)17(23)19(25)18(14)24/h6-9,11,16,25H,5,10H2,1-4H3/t16-/m0/s1. The second-order valence-electron chi connectivity index (χ2n) is 8.19. The summed E-state index contributed by atoms with van der Waals surface area (Å²) in [4.78, 5) is 25.0. The molecule has 1 aromatic carbocycles. The van der Waals surface area contributed by atoms with Crippen LogP contribution in [0, 0.1) is 5.41 Å². The number of benzene rings is 1. The van der Waals surface area contributed by atoms with Crippen molar-refractivity contribution in [3.8, 4) is 17.2 Å². The highest BCUT2D eigenvalue weighted by atomic mass is 16.5. The van der Waals surface area contributed by atoms with Crippen LogP contribution in [0.15, 0.2) is 39.7 Å². The minimum atomic E-state index is -0.745. The topological polar surface area (TPSA) is 81.7 Å². The second-order valence-corrected chi connectivity index (χ2v) is 8.19. The summed E-state index contributed by atoms with van der Waals surface area (Å²) < 4.78 is 12.8. The molecule has 2 aromatic heterocycles. The largest absolute Gasteiger partial charge is 0.503 e. The molecule has 1 aliphatic rings. The number of esters is 1. The summed E-state index contributed by atoms with van der Waals surface area (Å²) >= 11 is 0. The zero-order valence-electron chi connectivity index (χ0n) is 16.4. The smallest absolute Gasteiger partial charge is 0.343 e. The van der Waals surface area contributed by atoms with Gasteiger partial charge >= 0.3 is 5.97 Å². The Kier molecular flexibility index (Phi) is 4.10. The zero-order chi connectivity index (χ0) is 20.2. The van der Waals surface area contributed by atoms with Gasteiger partial charge in [0.2, 0.25) is 5.43 Å². The molecule has 0 aliphatic carbocycles. The molecule has 0 saturated heterocycles. The van der Waals surface area contributed by atoms with Gasteiger partial charge in [0, 0.05) is 23.2 Å². The maximum Gasteiger partial charge on any atom is 0.343 e. The van der Waals surface area contributed by atoms with Gasteiger partial charge in [0.05, 0.1) is 6.61 Å². The van der Waals surface area contributed by atoms with Crippen molar-refractivity contribution in [3.05, 3.63) is 51.8 Å². The molecule has 1 aliphatic heterocycles. The first-order valence-electron chi connectivity index (χ1n) is 9.40. The molecule has 0 radical (unpaired) electrons. The van der Waals surface area contributed by atoms with E-state index < -0.39 is 17.1 Å². The van der Waals surface area contributed by atoms with Crippen LogP contribution < -0.4 is 5.43 Å². The maximum atomic E-state index is 12.7. The Hall–Kier alpha value is -3.02. The highest BCUT2D eigenvalue weighted by Crippen LogP contribution is 2.48. The number of para-hydroxylation sites is 1. The molecular weight excluding hydrogens is 358 g/mol. The van der Waals surface area contributed by atoms with Crippen molar-refractivity contribution >= 4 is 16.9 Å². The van der Waals surface area contributed by atoms with Crippen molar-refractivity contribution in [2.75, 3.05) is 6.61 Å². The number of aromatic nitrogens is 1. The third-order valence-electron chi connectivity index (χ3n) is 5.35. The fourth-order valence-corrected chi connectivity index (χ4v) is 3.95. The Labute approximate surface area is 162 Å². The van der Waals surface area contributed by atoms with E-state index >= 15 is 0 Å². The number of ether oxygens (including phenoxy) is 1. The summed E-state index contributed by atoms with van der Waals surface area (Å²) in [6.07, 6.45) is 2.16. The number of hydrogen-bond donors (Lipinski definition) is 1. The van der Waals surface area contributed by atoms with Gasteiger partial charge in [0.1, 0.15) is 16.8 Å². The molecule has 6 nitrogen and oxygen atoms in total. The van der Waals surface area contributed by atoms with Crippen molar-refractivity contribution in [1.82, 2.24) is 4.57 Å². The summed E-state index contributed by atoms with van der Waals surface area (Å²) in [7, 11) is 0. The fraction of sp³-hybridized carbons (Fsp3) is 0.364. The van der Waals surface area contributed by atoms with Gasteiger partial charge in [-0.1, -0.05) is 39.0 Å². The SMILES string of the molecule is CCOC(=O)c1cn2c(c(O)c1=O)-c1oc3ccccc3c1C[C@H]2C(C)(C)C. The molecule has 28 heavy (non-hydrogen) atoms. The van der Waals surface area contributed by atoms with Gasteiger partial charge in [-0.3, -0.25) is 4.79 Å². The third kappa shape index (κ3) is 2.63. The van der Waals surface area contributed by atoms with E-state index in [9.17, 15) is 14.7 Å². The number of furan rings is 1. The average molecular weight is 381 g/mol. The molecule has 0 fully saturated rings. The quantitative estimate of drug-likeness (QED) is 0.670. The highest BCUT2D eigenvalue weighted by molar-refractivity contribution is 5.92. The van der Waals surface area contributed by atoms with Crippen LogP contribution in [0.5, 0.6) is 5.75 Å². The lowest BCUT2D eigenvalue weighted by Crippen LogP contribution is -2.33. The summed E-state index contributed by atoms with van der Waals surface area (Å²) in [5, 5.41) is 11.8. The van der Waals surface area contributed by atoms with E-state index in [0.717, 1.165) is 10.9 Å². The Balaban J connectivity index is 2.06. The maximum absolute atomic E-state index is 12.7. The lowest BCUT2D eigenvalue weighted by atomic mass is 9.79. The summed E-state index contributed by atoms with van der Waals surface area (Å²) in [5.41, 5.74) is 0.875. The van der Waals surface area contributed by atoms with Crippen LogP contribution in [0.2, 0.25) is 0 Å². The Bertz CT molecular complexity index is 1150. The molecule has 0 amide bonds. The number of hydrogen-bond acceptors (Lipinski definition) is 5. The molecule has 1 atom stereocenters. The van der Waals surface area contributed by atoms with Gasteiger partial charge in [-0.15, -0.1) is 0 Å². The van der Waals surface area contributed by atoms with Crippen molar-refractivity contribution < 1.29 is 19.1 Å². The number of nitrogens with zero attached hydrogens (tertiary/aromatic N) is 1. The Morgan fingerprint density at radius 1 is 1.32 bits per heavy atom. The molecule has 146 valence electrons. The first-order valence-corrected chi connectivity index (χ1v) is 9.40. The molecule has 0 unspecified atom stereocenters. The number of carbonyl (C=O) groups excluding carboxylic acids is 1. The molecule has 0 bridgehead atoms. The summed E-state index contributed by atoms with van der Waals surface area (Å²) in [6.45, 7) is 8.10. The van der Waals surface area contributed by atoms with Gasteiger partial charge < -0.3 is 18.8 Å². The lowest BCUT2D eigenvalue weighted by molar-refractivity contribution is 0.0522. The van der Waals surface area contributed by atoms with Crippen LogP contribution in [0.4, 0.5) is 0 Å². The van der Waals surface area contributed by atoms with Gasteiger partial charge in [-0.2, -0.15) is 0 Å². The zero-order valence-corrected chi connectivity index (χ0v) is 16.4. The van der Waals surface area contributed by atoms with Crippen molar-refractivity contribution in [3.63, 3.8) is 0 Å². The van der Waals surface area contributed by atoms with Crippen LogP contribution in [0.25, 0.3) is 22.4 Å². The Morgan fingerprint density at radius 2 is 2.04 bits per heavy atom. The van der Waals surface area contributed by atoms with Gasteiger partial charge in [-0.25, -0.2) is 4.79 Å². The van der Waals surface area contributed by atoms with Gasteiger partial charge in [0.15, 0.2) is 11.5 Å². The van der Waals surface area contributed by atoms with E-state index in [0.29, 0.717) is 23.5 Å². The number of aromatic hydroxyl groups is 1. The predicted molar refractivity (Wildman–Crippen MR) is 106 cm³/mol. The monoisotopic (exact) mass is 381 g/mol. The highest BCUT2D eigenvalue weighted by Gasteiger charge is 2.38. The first kappa shape index (κ1) is 18.3. The van der Waals surface area contributed by atoms with E-state index in [-0.39, 0.29) is 23.6 Å². The van der Waals surface area contributed by atoms with Crippen LogP contribution in [-0.4, -0.2) is 22.2 Å². The van der Waals surface area contributed by atoms with Crippen LogP contribution in [-0.2, 0) is 11.2 Å².